The Kier molecular flexibility index (Phi) is 8.13. The van der Waals surface area contributed by atoms with E-state index >= 15 is 0 Å². The highest BCUT2D eigenvalue weighted by atomic mass is 35.5. The molecule has 122 valence electrons. The van der Waals surface area contributed by atoms with Gasteiger partial charge in [-0.25, -0.2) is 4.98 Å². The van der Waals surface area contributed by atoms with Gasteiger partial charge in [-0.05, 0) is 11.8 Å². The Morgan fingerprint density at radius 1 is 1.57 bits per heavy atom. The number of nitrogens with two attached hydrogens (primary N) is 1. The number of hydrogen-bond acceptors (Lipinski definition) is 5. The van der Waals surface area contributed by atoms with Gasteiger partial charge in [-0.2, -0.15) is 0 Å². The zero-order chi connectivity index (χ0) is 14.0. The van der Waals surface area contributed by atoms with Crippen molar-refractivity contribution in [1.29, 1.82) is 0 Å². The molecule has 0 aromatic carbocycles. The zero-order valence-corrected chi connectivity index (χ0v) is 15.1. The summed E-state index contributed by atoms with van der Waals surface area (Å²) in [5, 5.41) is 2.63. The number of carbonyl (C=O) groups excluding carboxylic acids is 1. The second-order valence-corrected chi connectivity index (χ2v) is 6.73. The Bertz CT molecular complexity index is 441. The second kappa shape index (κ2) is 8.29. The van der Waals surface area contributed by atoms with E-state index in [-0.39, 0.29) is 42.2 Å². The molecule has 1 saturated heterocycles. The number of aromatic nitrogens is 1. The van der Waals surface area contributed by atoms with Crippen molar-refractivity contribution in [2.24, 2.45) is 11.1 Å². The summed E-state index contributed by atoms with van der Waals surface area (Å²) in [5.74, 6) is 0.0845. The lowest BCUT2D eigenvalue weighted by atomic mass is 9.80. The molecule has 2 N–H and O–H groups in total. The van der Waals surface area contributed by atoms with Crippen molar-refractivity contribution >= 4 is 47.2 Å². The minimum atomic E-state index is 0. The van der Waals surface area contributed by atoms with Crippen molar-refractivity contribution in [3.63, 3.8) is 0 Å². The van der Waals surface area contributed by atoms with Crippen LogP contribution >= 0.6 is 36.2 Å². The van der Waals surface area contributed by atoms with Gasteiger partial charge in [-0.1, -0.05) is 13.8 Å². The van der Waals surface area contributed by atoms with Gasteiger partial charge in [0.05, 0.1) is 6.54 Å². The van der Waals surface area contributed by atoms with Crippen LogP contribution in [0.3, 0.4) is 0 Å². The molecule has 1 aliphatic heterocycles. The Labute approximate surface area is 142 Å². The molecule has 1 amide bonds. The fourth-order valence-electron chi connectivity index (χ4n) is 2.41. The molecule has 1 aromatic heterocycles. The topological polar surface area (TPSA) is 62.5 Å². The highest BCUT2D eigenvalue weighted by Gasteiger charge is 2.34. The molecule has 1 aliphatic rings. The number of amides is 1. The summed E-state index contributed by atoms with van der Waals surface area (Å²) in [4.78, 5) is 20.2. The fourth-order valence-corrected chi connectivity index (χ4v) is 3.03. The predicted molar refractivity (Wildman–Crippen MR) is 92.8 cm³/mol. The Balaban J connectivity index is 0.00000200. The lowest BCUT2D eigenvalue weighted by molar-refractivity contribution is -0.120. The normalized spacial score (nSPS) is 21.0. The number of thiazole rings is 1. The third kappa shape index (κ3) is 5.07. The van der Waals surface area contributed by atoms with E-state index in [1.165, 1.54) is 11.3 Å². The molecule has 1 unspecified atom stereocenters. The number of nitrogens with zero attached hydrogens (tertiary/aromatic N) is 3. The Hall–Kier alpha value is -0.400. The number of likely N-dealkylation sites (tertiary alicyclic amines) is 1. The van der Waals surface area contributed by atoms with Gasteiger partial charge < -0.3 is 5.73 Å². The van der Waals surface area contributed by atoms with Crippen LogP contribution in [0.1, 0.15) is 20.3 Å². The molecule has 0 spiro atoms. The number of halogens is 2. The number of carbonyl (C=O) groups is 1. The van der Waals surface area contributed by atoms with Crippen LogP contribution in [0.5, 0.6) is 0 Å². The number of anilines is 1. The monoisotopic (exact) mass is 354 g/mol. The molecule has 8 heteroatoms. The summed E-state index contributed by atoms with van der Waals surface area (Å²) in [6.07, 6.45) is 2.66. The summed E-state index contributed by atoms with van der Waals surface area (Å²) in [6.45, 7) is 6.53. The van der Waals surface area contributed by atoms with Gasteiger partial charge in [0.15, 0.2) is 5.13 Å². The second-order valence-electron chi connectivity index (χ2n) is 5.86. The van der Waals surface area contributed by atoms with Gasteiger partial charge in [-0.3, -0.25) is 14.6 Å². The molecule has 1 atom stereocenters. The van der Waals surface area contributed by atoms with Gasteiger partial charge in [0.2, 0.25) is 5.91 Å². The molecule has 0 bridgehead atoms. The maximum atomic E-state index is 12.2. The van der Waals surface area contributed by atoms with Gasteiger partial charge in [0, 0.05) is 37.8 Å². The standard InChI is InChI=1S/C13H22N4OS.2ClH/c1-13(2)9-17(6-4-10(13)14)8-11(18)16(3)12-15-5-7-19-12;;/h5,7,10H,4,6,8-9,14H2,1-3H3;2*1H. The van der Waals surface area contributed by atoms with Crippen LogP contribution in [0, 0.1) is 5.41 Å². The first-order chi connectivity index (χ1) is 8.90. The molecule has 2 rings (SSSR count). The van der Waals surface area contributed by atoms with E-state index in [4.69, 9.17) is 5.73 Å². The lowest BCUT2D eigenvalue weighted by Gasteiger charge is -2.42. The summed E-state index contributed by atoms with van der Waals surface area (Å²) < 4.78 is 0. The highest BCUT2D eigenvalue weighted by molar-refractivity contribution is 7.13. The van der Waals surface area contributed by atoms with E-state index in [9.17, 15) is 4.79 Å². The predicted octanol–water partition coefficient (Wildman–Crippen LogP) is 2.01. The van der Waals surface area contributed by atoms with Gasteiger partial charge in [0.25, 0.3) is 0 Å². The summed E-state index contributed by atoms with van der Waals surface area (Å²) >= 11 is 1.48. The van der Waals surface area contributed by atoms with Gasteiger partial charge >= 0.3 is 0 Å². The molecule has 0 aliphatic carbocycles. The maximum absolute atomic E-state index is 12.2. The van der Waals surface area contributed by atoms with Crippen LogP contribution in [0.2, 0.25) is 0 Å². The van der Waals surface area contributed by atoms with E-state index in [0.717, 1.165) is 24.6 Å². The van der Waals surface area contributed by atoms with Crippen molar-refractivity contribution in [3.05, 3.63) is 11.6 Å². The van der Waals surface area contributed by atoms with Crippen LogP contribution in [-0.2, 0) is 4.79 Å². The van der Waals surface area contributed by atoms with Crippen LogP contribution in [0.25, 0.3) is 0 Å². The smallest absolute Gasteiger partial charge is 0.242 e. The van der Waals surface area contributed by atoms with E-state index in [1.807, 2.05) is 5.38 Å². The van der Waals surface area contributed by atoms with E-state index in [1.54, 1.807) is 18.1 Å². The fraction of sp³-hybridized carbons (Fsp3) is 0.692. The molecule has 0 saturated carbocycles. The first-order valence-corrected chi connectivity index (χ1v) is 7.42. The Morgan fingerprint density at radius 2 is 2.24 bits per heavy atom. The molecular weight excluding hydrogens is 331 g/mol. The van der Waals surface area contributed by atoms with Crippen molar-refractivity contribution in [1.82, 2.24) is 9.88 Å². The zero-order valence-electron chi connectivity index (χ0n) is 12.6. The molecule has 1 aromatic rings. The number of rotatable bonds is 3. The van der Waals surface area contributed by atoms with Crippen LogP contribution < -0.4 is 10.6 Å². The summed E-state index contributed by atoms with van der Waals surface area (Å²) in [6, 6.07) is 0.218. The van der Waals surface area contributed by atoms with Crippen molar-refractivity contribution in [2.75, 3.05) is 31.6 Å². The minimum absolute atomic E-state index is 0. The van der Waals surface area contributed by atoms with Crippen molar-refractivity contribution < 1.29 is 4.79 Å². The first-order valence-electron chi connectivity index (χ1n) is 6.54. The van der Waals surface area contributed by atoms with E-state index in [2.05, 4.69) is 23.7 Å². The molecule has 0 radical (unpaired) electrons. The average molecular weight is 355 g/mol. The van der Waals surface area contributed by atoms with Crippen LogP contribution in [0.15, 0.2) is 11.6 Å². The van der Waals surface area contributed by atoms with Gasteiger partial charge in [0.1, 0.15) is 0 Å². The first kappa shape index (κ1) is 20.6. The SMILES string of the molecule is CN(C(=O)CN1CCC(N)C(C)(C)C1)c1nccs1.Cl.Cl. The van der Waals surface area contributed by atoms with E-state index in [0.29, 0.717) is 6.54 Å². The molecule has 5 nitrogen and oxygen atoms in total. The maximum Gasteiger partial charge on any atom is 0.242 e. The highest BCUT2D eigenvalue weighted by Crippen LogP contribution is 2.27. The van der Waals surface area contributed by atoms with E-state index < -0.39 is 0 Å². The molecule has 2 heterocycles. The largest absolute Gasteiger partial charge is 0.327 e. The third-order valence-corrected chi connectivity index (χ3v) is 4.68. The number of hydrogen-bond donors (Lipinski definition) is 1. The van der Waals surface area contributed by atoms with Gasteiger partial charge in [-0.15, -0.1) is 36.2 Å². The van der Waals surface area contributed by atoms with Crippen molar-refractivity contribution in [2.45, 2.75) is 26.3 Å². The van der Waals surface area contributed by atoms with Crippen molar-refractivity contribution in [3.8, 4) is 0 Å². The average Bonchev–Trinajstić information content (AvgIpc) is 2.86. The van der Waals surface area contributed by atoms with Crippen LogP contribution in [0.4, 0.5) is 5.13 Å². The lowest BCUT2D eigenvalue weighted by Crippen LogP contribution is -2.54. The quantitative estimate of drug-likeness (QED) is 0.901. The number of piperidine rings is 1. The van der Waals surface area contributed by atoms with Crippen LogP contribution in [-0.4, -0.2) is 48.5 Å². The minimum Gasteiger partial charge on any atom is -0.327 e. The molecule has 1 fully saturated rings. The summed E-state index contributed by atoms with van der Waals surface area (Å²) in [5.41, 5.74) is 6.18. The number of likely N-dealkylation sites (N-methyl/N-ethyl adjacent to an activating group) is 1. The molecule has 21 heavy (non-hydrogen) atoms. The summed E-state index contributed by atoms with van der Waals surface area (Å²) in [7, 11) is 1.78. The third-order valence-electron chi connectivity index (χ3n) is 3.83. The Morgan fingerprint density at radius 3 is 2.76 bits per heavy atom. The molecular formula is C13H24Cl2N4OS.